The van der Waals surface area contributed by atoms with E-state index in [2.05, 4.69) is 31.7 Å². The lowest BCUT2D eigenvalue weighted by Gasteiger charge is -2.11. The smallest absolute Gasteiger partial charge is 0.168 e. The van der Waals surface area contributed by atoms with E-state index < -0.39 is 12.0 Å². The molecule has 0 fully saturated rings. The number of hydrogen-bond acceptors (Lipinski definition) is 6. The van der Waals surface area contributed by atoms with E-state index in [0.717, 1.165) is 5.56 Å². The standard InChI is InChI=1S/C24H18FN7O/c25-21-8-20-22(9-19(21)17-5-2-6-27-11-17)30-31-23(20)24(33)29-18-12-28-32(14-18)13-16-4-1-3-15(7-16)10-26/h1-9,11-12,14,24,29,33H,13H2,(H,30,31). The lowest BCUT2D eigenvalue weighted by molar-refractivity contribution is 0.204. The molecule has 0 saturated carbocycles. The van der Waals surface area contributed by atoms with Crippen molar-refractivity contribution in [1.82, 2.24) is 25.0 Å². The van der Waals surface area contributed by atoms with Crippen LogP contribution in [-0.4, -0.2) is 30.1 Å². The van der Waals surface area contributed by atoms with Gasteiger partial charge in [-0.2, -0.15) is 15.5 Å². The summed E-state index contributed by atoms with van der Waals surface area (Å²) in [5, 5.41) is 34.5. The first-order chi connectivity index (χ1) is 16.1. The van der Waals surface area contributed by atoms with Gasteiger partial charge >= 0.3 is 0 Å². The molecule has 0 aliphatic heterocycles. The lowest BCUT2D eigenvalue weighted by atomic mass is 10.0. The van der Waals surface area contributed by atoms with Gasteiger partial charge in [-0.25, -0.2) is 4.39 Å². The van der Waals surface area contributed by atoms with Crippen molar-refractivity contribution in [2.24, 2.45) is 0 Å². The number of halogens is 1. The number of nitriles is 1. The maximum absolute atomic E-state index is 14.8. The number of nitrogens with one attached hydrogen (secondary N) is 2. The molecule has 0 amide bonds. The Kier molecular flexibility index (Phi) is 5.26. The molecule has 33 heavy (non-hydrogen) atoms. The Morgan fingerprint density at radius 1 is 1.18 bits per heavy atom. The van der Waals surface area contributed by atoms with Gasteiger partial charge in [0.15, 0.2) is 6.23 Å². The lowest BCUT2D eigenvalue weighted by Crippen LogP contribution is -2.10. The summed E-state index contributed by atoms with van der Waals surface area (Å²) >= 11 is 0. The van der Waals surface area contributed by atoms with Crippen molar-refractivity contribution in [2.45, 2.75) is 12.8 Å². The molecule has 3 aromatic heterocycles. The second kappa shape index (κ2) is 8.53. The van der Waals surface area contributed by atoms with Crippen LogP contribution >= 0.6 is 0 Å². The van der Waals surface area contributed by atoms with Crippen molar-refractivity contribution in [3.05, 3.63) is 96.0 Å². The average molecular weight is 439 g/mol. The third-order valence-corrected chi connectivity index (χ3v) is 5.26. The second-order valence-corrected chi connectivity index (χ2v) is 7.51. The number of aliphatic hydroxyl groups excluding tert-OH is 1. The van der Waals surface area contributed by atoms with E-state index in [1.807, 2.05) is 12.1 Å². The number of pyridine rings is 1. The zero-order valence-corrected chi connectivity index (χ0v) is 17.3. The molecule has 0 radical (unpaired) electrons. The molecule has 0 bridgehead atoms. The minimum atomic E-state index is -1.15. The fraction of sp³-hybridized carbons (Fsp3) is 0.0833. The summed E-state index contributed by atoms with van der Waals surface area (Å²) in [4.78, 5) is 4.03. The number of benzene rings is 2. The van der Waals surface area contributed by atoms with E-state index in [0.29, 0.717) is 45.5 Å². The van der Waals surface area contributed by atoms with Crippen molar-refractivity contribution in [1.29, 1.82) is 5.26 Å². The summed E-state index contributed by atoms with van der Waals surface area (Å²) in [7, 11) is 0. The van der Waals surface area contributed by atoms with E-state index in [1.54, 1.807) is 59.8 Å². The number of anilines is 1. The normalized spacial score (nSPS) is 11.9. The van der Waals surface area contributed by atoms with Crippen LogP contribution in [0.2, 0.25) is 0 Å². The third-order valence-electron chi connectivity index (χ3n) is 5.26. The Hall–Kier alpha value is -4.55. The minimum Gasteiger partial charge on any atom is -0.368 e. The van der Waals surface area contributed by atoms with Gasteiger partial charge in [0, 0.05) is 35.1 Å². The predicted octanol–water partition coefficient (Wildman–Crippen LogP) is 3.98. The van der Waals surface area contributed by atoms with E-state index in [1.165, 1.54) is 6.07 Å². The van der Waals surface area contributed by atoms with Crippen molar-refractivity contribution in [3.8, 4) is 17.2 Å². The van der Waals surface area contributed by atoms with Gasteiger partial charge in [0.05, 0.1) is 41.3 Å². The molecule has 0 aliphatic rings. The summed E-state index contributed by atoms with van der Waals surface area (Å²) in [6.45, 7) is 0.475. The zero-order valence-electron chi connectivity index (χ0n) is 17.3. The highest BCUT2D eigenvalue weighted by Crippen LogP contribution is 2.30. The predicted molar refractivity (Wildman–Crippen MR) is 120 cm³/mol. The molecule has 8 nitrogen and oxygen atoms in total. The zero-order chi connectivity index (χ0) is 22.8. The monoisotopic (exact) mass is 439 g/mol. The Morgan fingerprint density at radius 3 is 2.91 bits per heavy atom. The van der Waals surface area contributed by atoms with Crippen LogP contribution in [0.25, 0.3) is 22.0 Å². The molecule has 1 unspecified atom stereocenters. The van der Waals surface area contributed by atoms with Gasteiger partial charge in [-0.3, -0.25) is 14.8 Å². The van der Waals surface area contributed by atoms with Gasteiger partial charge in [0.1, 0.15) is 5.82 Å². The Balaban J connectivity index is 1.35. The van der Waals surface area contributed by atoms with Gasteiger partial charge in [0.2, 0.25) is 0 Å². The maximum Gasteiger partial charge on any atom is 0.168 e. The van der Waals surface area contributed by atoms with Gasteiger partial charge in [-0.15, -0.1) is 0 Å². The van der Waals surface area contributed by atoms with E-state index >= 15 is 0 Å². The number of rotatable bonds is 6. The molecule has 162 valence electrons. The fourth-order valence-corrected chi connectivity index (χ4v) is 3.68. The summed E-state index contributed by atoms with van der Waals surface area (Å²) in [6, 6.07) is 15.9. The third kappa shape index (κ3) is 4.15. The topological polar surface area (TPSA) is 115 Å². The molecule has 0 saturated heterocycles. The molecule has 2 aromatic carbocycles. The van der Waals surface area contributed by atoms with Crippen LogP contribution in [0.5, 0.6) is 0 Å². The molecule has 3 heterocycles. The summed E-state index contributed by atoms with van der Waals surface area (Å²) in [5.74, 6) is -0.433. The molecule has 9 heteroatoms. The average Bonchev–Trinajstić information content (AvgIpc) is 3.45. The fourth-order valence-electron chi connectivity index (χ4n) is 3.68. The quantitative estimate of drug-likeness (QED) is 0.345. The van der Waals surface area contributed by atoms with Gasteiger partial charge in [-0.05, 0) is 35.9 Å². The van der Waals surface area contributed by atoms with Crippen molar-refractivity contribution in [2.75, 3.05) is 5.32 Å². The Labute approximate surface area is 188 Å². The molecule has 3 N–H and O–H groups in total. The number of fused-ring (bicyclic) bond motifs is 1. The summed E-state index contributed by atoms with van der Waals surface area (Å²) in [6.07, 6.45) is 5.37. The molecule has 5 aromatic rings. The summed E-state index contributed by atoms with van der Waals surface area (Å²) in [5.41, 5.74) is 4.00. The number of nitrogens with zero attached hydrogens (tertiary/aromatic N) is 5. The number of hydrogen-bond donors (Lipinski definition) is 3. The molecule has 0 spiro atoms. The molecule has 5 rings (SSSR count). The van der Waals surface area contributed by atoms with Crippen LogP contribution < -0.4 is 5.32 Å². The van der Waals surface area contributed by atoms with Crippen molar-refractivity contribution >= 4 is 16.6 Å². The number of aliphatic hydroxyl groups is 1. The maximum atomic E-state index is 14.8. The first-order valence-electron chi connectivity index (χ1n) is 10.1. The van der Waals surface area contributed by atoms with Crippen LogP contribution in [0.3, 0.4) is 0 Å². The second-order valence-electron chi connectivity index (χ2n) is 7.51. The number of aromatic amines is 1. The molecule has 1 atom stereocenters. The van der Waals surface area contributed by atoms with Gasteiger partial charge < -0.3 is 10.4 Å². The SMILES string of the molecule is N#Cc1cccc(Cn2cc(NC(O)c3[nH]nc4cc(-c5cccnc5)c(F)cc34)cn2)c1. The van der Waals surface area contributed by atoms with E-state index in [-0.39, 0.29) is 0 Å². The van der Waals surface area contributed by atoms with Gasteiger partial charge in [0.25, 0.3) is 0 Å². The first-order valence-corrected chi connectivity index (χ1v) is 10.1. The van der Waals surface area contributed by atoms with Crippen LogP contribution in [0.15, 0.2) is 73.3 Å². The highest BCUT2D eigenvalue weighted by molar-refractivity contribution is 5.87. The molecular formula is C24H18FN7O. The molecular weight excluding hydrogens is 421 g/mol. The Morgan fingerprint density at radius 2 is 2.09 bits per heavy atom. The summed E-state index contributed by atoms with van der Waals surface area (Å²) < 4.78 is 16.5. The van der Waals surface area contributed by atoms with Crippen molar-refractivity contribution < 1.29 is 9.50 Å². The van der Waals surface area contributed by atoms with Gasteiger partial charge in [-0.1, -0.05) is 18.2 Å². The van der Waals surface area contributed by atoms with Crippen LogP contribution in [0.4, 0.5) is 10.1 Å². The van der Waals surface area contributed by atoms with Crippen LogP contribution in [0, 0.1) is 17.1 Å². The van der Waals surface area contributed by atoms with E-state index in [4.69, 9.17) is 5.26 Å². The number of H-pyrrole nitrogens is 1. The first kappa shape index (κ1) is 20.4. The molecule has 0 aliphatic carbocycles. The van der Waals surface area contributed by atoms with Crippen molar-refractivity contribution in [3.63, 3.8) is 0 Å². The highest BCUT2D eigenvalue weighted by atomic mass is 19.1. The minimum absolute atomic E-state index is 0.344. The Bertz CT molecular complexity index is 1470. The van der Waals surface area contributed by atoms with Crippen LogP contribution in [-0.2, 0) is 6.54 Å². The number of aromatic nitrogens is 5. The highest BCUT2D eigenvalue weighted by Gasteiger charge is 2.18. The van der Waals surface area contributed by atoms with E-state index in [9.17, 15) is 9.50 Å². The largest absolute Gasteiger partial charge is 0.368 e. The van der Waals surface area contributed by atoms with Crippen LogP contribution in [0.1, 0.15) is 23.0 Å².